The van der Waals surface area contributed by atoms with Gasteiger partial charge in [0, 0.05) is 5.75 Å². The average molecular weight is 450 g/mol. The third-order valence-corrected chi connectivity index (χ3v) is 4.78. The summed E-state index contributed by atoms with van der Waals surface area (Å²) in [5, 5.41) is 26.0. The Hall–Kier alpha value is -2.38. The first-order chi connectivity index (χ1) is 13.8. The molecule has 172 valence electrons. The molecular formula is C17H31N5O7S. The maximum atomic E-state index is 12.5. The number of carboxylic acids is 1. The molecule has 4 amide bonds. The van der Waals surface area contributed by atoms with Crippen LogP contribution in [0.25, 0.3) is 0 Å². The number of primary amides is 1. The lowest BCUT2D eigenvalue weighted by atomic mass is 9.99. The highest BCUT2D eigenvalue weighted by Crippen LogP contribution is 2.08. The van der Waals surface area contributed by atoms with Crippen LogP contribution in [0.5, 0.6) is 0 Å². The van der Waals surface area contributed by atoms with Crippen LogP contribution in [-0.4, -0.2) is 75.8 Å². The van der Waals surface area contributed by atoms with Crippen molar-refractivity contribution in [2.75, 3.05) is 5.75 Å². The van der Waals surface area contributed by atoms with Crippen LogP contribution in [0.3, 0.4) is 0 Å². The molecule has 13 heteroatoms. The molecule has 6 atom stereocenters. The van der Waals surface area contributed by atoms with E-state index in [1.807, 2.05) is 0 Å². The molecule has 12 nitrogen and oxygen atoms in total. The first-order valence-electron chi connectivity index (χ1n) is 9.32. The van der Waals surface area contributed by atoms with Crippen molar-refractivity contribution in [2.24, 2.45) is 17.4 Å². The van der Waals surface area contributed by atoms with Gasteiger partial charge in [-0.2, -0.15) is 12.6 Å². The number of aliphatic hydroxyl groups is 1. The molecule has 30 heavy (non-hydrogen) atoms. The van der Waals surface area contributed by atoms with Gasteiger partial charge in [-0.05, 0) is 12.8 Å². The number of aliphatic carboxylic acids is 1. The van der Waals surface area contributed by atoms with Gasteiger partial charge in [0.05, 0.1) is 18.6 Å². The number of nitrogens with one attached hydrogen (secondary N) is 3. The number of carboxylic acid groups (broad SMARTS) is 1. The van der Waals surface area contributed by atoms with E-state index in [1.54, 1.807) is 13.8 Å². The molecule has 0 aromatic heterocycles. The lowest BCUT2D eigenvalue weighted by molar-refractivity contribution is -0.143. The van der Waals surface area contributed by atoms with Crippen LogP contribution in [0.4, 0.5) is 0 Å². The summed E-state index contributed by atoms with van der Waals surface area (Å²) in [6.07, 6.45) is -1.34. The Kier molecular flexibility index (Phi) is 12.0. The van der Waals surface area contributed by atoms with Crippen molar-refractivity contribution in [2.45, 2.75) is 63.9 Å². The molecule has 0 heterocycles. The fraction of sp³-hybridized carbons (Fsp3) is 0.706. The Labute approximate surface area is 179 Å². The monoisotopic (exact) mass is 449 g/mol. The second-order valence-electron chi connectivity index (χ2n) is 6.96. The molecule has 0 rings (SSSR count). The SMILES string of the molecule is CCC(C)C(NC(=O)C(CS)NC(=O)C(NC(=O)C(N)CC(N)=O)C(C)O)C(=O)O. The van der Waals surface area contributed by atoms with Crippen LogP contribution in [0, 0.1) is 5.92 Å². The second-order valence-corrected chi connectivity index (χ2v) is 7.32. The van der Waals surface area contributed by atoms with Crippen molar-refractivity contribution < 1.29 is 34.2 Å². The smallest absolute Gasteiger partial charge is 0.326 e. The van der Waals surface area contributed by atoms with Gasteiger partial charge in [0.1, 0.15) is 18.1 Å². The number of aliphatic hydroxyl groups excluding tert-OH is 1. The Bertz CT molecular complexity index is 646. The predicted molar refractivity (Wildman–Crippen MR) is 110 cm³/mol. The summed E-state index contributed by atoms with van der Waals surface area (Å²) in [6, 6.07) is -5.21. The third-order valence-electron chi connectivity index (χ3n) is 4.41. The van der Waals surface area contributed by atoms with Gasteiger partial charge in [-0.15, -0.1) is 0 Å². The first kappa shape index (κ1) is 27.6. The first-order valence-corrected chi connectivity index (χ1v) is 9.95. The quantitative estimate of drug-likeness (QED) is 0.136. The second kappa shape index (κ2) is 13.0. The maximum Gasteiger partial charge on any atom is 0.326 e. The molecule has 0 saturated carbocycles. The highest BCUT2D eigenvalue weighted by Gasteiger charge is 2.33. The van der Waals surface area contributed by atoms with Crippen molar-refractivity contribution in [3.05, 3.63) is 0 Å². The van der Waals surface area contributed by atoms with Crippen LogP contribution in [0.1, 0.15) is 33.6 Å². The third kappa shape index (κ3) is 8.97. The Morgan fingerprint density at radius 2 is 1.50 bits per heavy atom. The average Bonchev–Trinajstić information content (AvgIpc) is 2.65. The number of carbonyl (C=O) groups is 5. The maximum absolute atomic E-state index is 12.5. The van der Waals surface area contributed by atoms with Gasteiger partial charge in [-0.3, -0.25) is 19.2 Å². The largest absolute Gasteiger partial charge is 0.480 e. The zero-order chi connectivity index (χ0) is 23.6. The van der Waals surface area contributed by atoms with Crippen LogP contribution >= 0.6 is 12.6 Å². The number of rotatable bonds is 13. The normalized spacial score (nSPS) is 16.9. The molecular weight excluding hydrogens is 418 g/mol. The van der Waals surface area contributed by atoms with E-state index in [0.29, 0.717) is 6.42 Å². The molecule has 0 saturated heterocycles. The Balaban J connectivity index is 5.22. The van der Waals surface area contributed by atoms with Gasteiger partial charge >= 0.3 is 5.97 Å². The number of thiol groups is 1. The molecule has 0 aliphatic rings. The van der Waals surface area contributed by atoms with E-state index in [2.05, 4.69) is 28.6 Å². The van der Waals surface area contributed by atoms with Crippen LogP contribution in [-0.2, 0) is 24.0 Å². The molecule has 0 bridgehead atoms. The number of hydrogen-bond acceptors (Lipinski definition) is 8. The molecule has 0 fully saturated rings. The molecule has 0 aliphatic carbocycles. The summed E-state index contributed by atoms with van der Waals surface area (Å²) in [7, 11) is 0. The number of hydrogen-bond donors (Lipinski definition) is 8. The van der Waals surface area contributed by atoms with Crippen molar-refractivity contribution in [1.82, 2.24) is 16.0 Å². The van der Waals surface area contributed by atoms with E-state index in [9.17, 15) is 34.2 Å². The summed E-state index contributed by atoms with van der Waals surface area (Å²) < 4.78 is 0. The van der Waals surface area contributed by atoms with Gasteiger partial charge in [0.2, 0.25) is 23.6 Å². The van der Waals surface area contributed by atoms with Crippen LogP contribution in [0.15, 0.2) is 0 Å². The lowest BCUT2D eigenvalue weighted by Gasteiger charge is -2.26. The zero-order valence-electron chi connectivity index (χ0n) is 17.1. The molecule has 9 N–H and O–H groups in total. The highest BCUT2D eigenvalue weighted by molar-refractivity contribution is 7.80. The van der Waals surface area contributed by atoms with Crippen molar-refractivity contribution in [1.29, 1.82) is 0 Å². The van der Waals surface area contributed by atoms with E-state index in [4.69, 9.17) is 11.5 Å². The molecule has 0 spiro atoms. The highest BCUT2D eigenvalue weighted by atomic mass is 32.1. The zero-order valence-corrected chi connectivity index (χ0v) is 18.0. The lowest BCUT2D eigenvalue weighted by Crippen LogP contribution is -2.60. The molecule has 0 aromatic carbocycles. The Morgan fingerprint density at radius 3 is 1.90 bits per heavy atom. The van der Waals surface area contributed by atoms with Gasteiger partial charge in [0.15, 0.2) is 0 Å². The fourth-order valence-corrected chi connectivity index (χ4v) is 2.62. The molecule has 0 radical (unpaired) electrons. The number of carbonyl (C=O) groups excluding carboxylic acids is 4. The summed E-state index contributed by atoms with van der Waals surface area (Å²) in [6.45, 7) is 4.65. The summed E-state index contributed by atoms with van der Waals surface area (Å²) >= 11 is 3.99. The Morgan fingerprint density at radius 1 is 0.967 bits per heavy atom. The van der Waals surface area contributed by atoms with Gasteiger partial charge < -0.3 is 37.6 Å². The topological polar surface area (TPSA) is 214 Å². The summed E-state index contributed by atoms with van der Waals surface area (Å²) in [5.41, 5.74) is 10.5. The number of amides is 4. The summed E-state index contributed by atoms with van der Waals surface area (Å²) in [4.78, 5) is 59.2. The van der Waals surface area contributed by atoms with Crippen LogP contribution < -0.4 is 27.4 Å². The van der Waals surface area contributed by atoms with E-state index >= 15 is 0 Å². The summed E-state index contributed by atoms with van der Waals surface area (Å²) in [5.74, 6) is -5.19. The minimum absolute atomic E-state index is 0.175. The van der Waals surface area contributed by atoms with E-state index in [1.165, 1.54) is 6.92 Å². The number of nitrogens with two attached hydrogens (primary N) is 2. The fourth-order valence-electron chi connectivity index (χ4n) is 2.37. The van der Waals surface area contributed by atoms with Gasteiger partial charge in [0.25, 0.3) is 0 Å². The van der Waals surface area contributed by atoms with Crippen molar-refractivity contribution >= 4 is 42.2 Å². The van der Waals surface area contributed by atoms with Crippen LogP contribution in [0.2, 0.25) is 0 Å². The molecule has 0 aliphatic heterocycles. The van der Waals surface area contributed by atoms with E-state index in [0.717, 1.165) is 0 Å². The van der Waals surface area contributed by atoms with Gasteiger partial charge in [-0.1, -0.05) is 20.3 Å². The molecule has 6 unspecified atom stereocenters. The standard InChI is InChI=1S/C17H31N5O7S/c1-4-7(2)12(17(28)29)21-15(26)10(6-30)20-16(27)13(8(3)23)22-14(25)9(18)5-11(19)24/h7-10,12-13,23,30H,4-6,18H2,1-3H3,(H2,19,24)(H,20,27)(H,21,26)(H,22,25)(H,28,29). The molecule has 0 aromatic rings. The predicted octanol–water partition coefficient (Wildman–Crippen LogP) is -2.92. The minimum atomic E-state index is -1.49. The van der Waals surface area contributed by atoms with E-state index < -0.39 is 66.3 Å². The van der Waals surface area contributed by atoms with Gasteiger partial charge in [-0.25, -0.2) is 4.79 Å². The van der Waals surface area contributed by atoms with Crippen molar-refractivity contribution in [3.63, 3.8) is 0 Å². The van der Waals surface area contributed by atoms with Crippen molar-refractivity contribution in [3.8, 4) is 0 Å². The minimum Gasteiger partial charge on any atom is -0.480 e. The van der Waals surface area contributed by atoms with E-state index in [-0.39, 0.29) is 11.7 Å².